The maximum Gasteiger partial charge on any atom is 0.257 e. The number of amides is 1. The van der Waals surface area contributed by atoms with Crippen molar-refractivity contribution in [1.29, 1.82) is 0 Å². The number of nitrogens with one attached hydrogen (secondary N) is 1. The molecule has 0 atom stereocenters. The highest BCUT2D eigenvalue weighted by molar-refractivity contribution is 9.10. The third-order valence-electron chi connectivity index (χ3n) is 2.72. The van der Waals surface area contributed by atoms with Gasteiger partial charge in [-0.1, -0.05) is 11.6 Å². The lowest BCUT2D eigenvalue weighted by atomic mass is 10.2. The second kappa shape index (κ2) is 6.61. The van der Waals surface area contributed by atoms with Crippen LogP contribution >= 0.6 is 39.3 Å². The molecule has 1 amide bonds. The summed E-state index contributed by atoms with van der Waals surface area (Å²) in [7, 11) is 0. The van der Waals surface area contributed by atoms with Gasteiger partial charge in [-0.05, 0) is 59.4 Å². The second-order valence-electron chi connectivity index (χ2n) is 4.07. The number of thioether (sulfide) groups is 1. The van der Waals surface area contributed by atoms with E-state index >= 15 is 0 Å². The summed E-state index contributed by atoms with van der Waals surface area (Å²) in [6.45, 7) is 1.83. The fourth-order valence-electron chi connectivity index (χ4n) is 1.66. The third kappa shape index (κ3) is 3.53. The normalized spacial score (nSPS) is 10.4. The summed E-state index contributed by atoms with van der Waals surface area (Å²) >= 11 is 10.9. The zero-order valence-electron chi connectivity index (χ0n) is 10.9. The Labute approximate surface area is 135 Å². The zero-order chi connectivity index (χ0) is 14.7. The van der Waals surface area contributed by atoms with Gasteiger partial charge >= 0.3 is 0 Å². The minimum absolute atomic E-state index is 0.238. The summed E-state index contributed by atoms with van der Waals surface area (Å²) in [5, 5.41) is 3.26. The van der Waals surface area contributed by atoms with Crippen LogP contribution < -0.4 is 5.32 Å². The lowest BCUT2D eigenvalue weighted by Crippen LogP contribution is -2.14. The molecule has 104 valence electrons. The summed E-state index contributed by atoms with van der Waals surface area (Å²) in [6.07, 6.45) is 1.95. The third-order valence-corrected chi connectivity index (χ3v) is 4.21. The molecule has 20 heavy (non-hydrogen) atoms. The average Bonchev–Trinajstić information content (AvgIpc) is 2.42. The summed E-state index contributed by atoms with van der Waals surface area (Å²) in [5.41, 5.74) is 1.87. The van der Waals surface area contributed by atoms with Gasteiger partial charge in [0.25, 0.3) is 5.91 Å². The van der Waals surface area contributed by atoms with Gasteiger partial charge in [-0.2, -0.15) is 0 Å². The number of anilines is 1. The summed E-state index contributed by atoms with van der Waals surface area (Å²) in [5.74, 6) is -0.238. The number of aryl methyl sites for hydroxylation is 1. The average molecular weight is 372 g/mol. The molecule has 1 aromatic heterocycles. The molecule has 1 heterocycles. The molecule has 0 aliphatic carbocycles. The van der Waals surface area contributed by atoms with Gasteiger partial charge in [0.1, 0.15) is 4.60 Å². The van der Waals surface area contributed by atoms with Crippen LogP contribution in [0, 0.1) is 6.92 Å². The van der Waals surface area contributed by atoms with Crippen LogP contribution in [0.1, 0.15) is 16.1 Å². The van der Waals surface area contributed by atoms with E-state index in [2.05, 4.69) is 26.2 Å². The molecule has 3 nitrogen and oxygen atoms in total. The largest absolute Gasteiger partial charge is 0.320 e. The smallest absolute Gasteiger partial charge is 0.257 e. The summed E-state index contributed by atoms with van der Waals surface area (Å²) in [4.78, 5) is 17.5. The van der Waals surface area contributed by atoms with Crippen LogP contribution in [-0.4, -0.2) is 17.1 Å². The van der Waals surface area contributed by atoms with E-state index in [9.17, 15) is 4.79 Å². The molecule has 2 rings (SSSR count). The highest BCUT2D eigenvalue weighted by Gasteiger charge is 2.13. The number of hydrogen-bond acceptors (Lipinski definition) is 3. The first kappa shape index (κ1) is 15.4. The molecule has 0 fully saturated rings. The second-order valence-corrected chi connectivity index (χ2v) is 6.17. The predicted molar refractivity (Wildman–Crippen MR) is 87.9 cm³/mol. The van der Waals surface area contributed by atoms with Crippen molar-refractivity contribution in [2.75, 3.05) is 11.6 Å². The Morgan fingerprint density at radius 1 is 1.35 bits per heavy atom. The maximum atomic E-state index is 12.3. The van der Waals surface area contributed by atoms with E-state index in [0.717, 1.165) is 15.2 Å². The topological polar surface area (TPSA) is 42.0 Å². The Morgan fingerprint density at radius 2 is 2.10 bits per heavy atom. The van der Waals surface area contributed by atoms with Crippen LogP contribution in [0.2, 0.25) is 5.02 Å². The highest BCUT2D eigenvalue weighted by Crippen LogP contribution is 2.24. The van der Waals surface area contributed by atoms with Gasteiger partial charge in [0.15, 0.2) is 0 Å². The van der Waals surface area contributed by atoms with E-state index in [0.29, 0.717) is 16.3 Å². The van der Waals surface area contributed by atoms with Crippen LogP contribution in [0.25, 0.3) is 0 Å². The fourth-order valence-corrected chi connectivity index (χ4v) is 2.70. The van der Waals surface area contributed by atoms with Gasteiger partial charge in [0, 0.05) is 4.90 Å². The Hall–Kier alpha value is -1.04. The maximum absolute atomic E-state index is 12.3. The number of pyridine rings is 1. The van der Waals surface area contributed by atoms with E-state index in [1.165, 1.54) is 0 Å². The van der Waals surface area contributed by atoms with Gasteiger partial charge in [-0.3, -0.25) is 4.79 Å². The summed E-state index contributed by atoms with van der Waals surface area (Å²) < 4.78 is 0.732. The SMILES string of the molecule is CSc1ccc(Cl)c(C(=O)Nc2ccc(Br)nc2C)c1. The first-order chi connectivity index (χ1) is 9.51. The Kier molecular flexibility index (Phi) is 5.07. The van der Waals surface area contributed by atoms with Crippen molar-refractivity contribution in [2.24, 2.45) is 0 Å². The number of hydrogen-bond donors (Lipinski definition) is 1. The molecular formula is C14H12BrClN2OS. The van der Waals surface area contributed by atoms with Crippen LogP contribution in [0.5, 0.6) is 0 Å². The molecule has 0 aliphatic rings. The first-order valence-corrected chi connectivity index (χ1v) is 8.19. The minimum atomic E-state index is -0.238. The van der Waals surface area contributed by atoms with Crippen molar-refractivity contribution >= 4 is 50.9 Å². The molecule has 0 saturated carbocycles. The van der Waals surface area contributed by atoms with Crippen molar-refractivity contribution in [3.8, 4) is 0 Å². The summed E-state index contributed by atoms with van der Waals surface area (Å²) in [6, 6.07) is 8.98. The van der Waals surface area contributed by atoms with Gasteiger partial charge in [-0.15, -0.1) is 11.8 Å². The molecule has 0 radical (unpaired) electrons. The molecule has 2 aromatic rings. The lowest BCUT2D eigenvalue weighted by molar-refractivity contribution is 0.102. The van der Waals surface area contributed by atoms with Crippen LogP contribution in [-0.2, 0) is 0 Å². The van der Waals surface area contributed by atoms with Crippen molar-refractivity contribution < 1.29 is 4.79 Å². The number of benzene rings is 1. The Morgan fingerprint density at radius 3 is 2.75 bits per heavy atom. The highest BCUT2D eigenvalue weighted by atomic mass is 79.9. The molecule has 6 heteroatoms. The van der Waals surface area contributed by atoms with Crippen molar-refractivity contribution in [3.63, 3.8) is 0 Å². The van der Waals surface area contributed by atoms with Gasteiger partial charge in [0.05, 0.1) is 22.0 Å². The number of nitrogens with zero attached hydrogens (tertiary/aromatic N) is 1. The molecule has 0 bridgehead atoms. The monoisotopic (exact) mass is 370 g/mol. The van der Waals surface area contributed by atoms with E-state index in [1.54, 1.807) is 36.0 Å². The standard InChI is InChI=1S/C14H12BrClN2OS/c1-8-12(5-6-13(15)17-8)18-14(19)10-7-9(20-2)3-4-11(10)16/h3-7H,1-2H3,(H,18,19). The van der Waals surface area contributed by atoms with Crippen molar-refractivity contribution in [3.05, 3.63) is 51.2 Å². The molecule has 1 aromatic carbocycles. The Bertz CT molecular complexity index is 664. The van der Waals surface area contributed by atoms with E-state index < -0.39 is 0 Å². The van der Waals surface area contributed by atoms with Crippen LogP contribution in [0.15, 0.2) is 39.8 Å². The van der Waals surface area contributed by atoms with Crippen molar-refractivity contribution in [1.82, 2.24) is 4.98 Å². The number of halogens is 2. The molecule has 0 aliphatic heterocycles. The Balaban J connectivity index is 2.28. The van der Waals surface area contributed by atoms with Gasteiger partial charge in [0.2, 0.25) is 0 Å². The predicted octanol–water partition coefficient (Wildman–Crippen LogP) is 4.78. The van der Waals surface area contributed by atoms with E-state index in [1.807, 2.05) is 19.2 Å². The number of carbonyl (C=O) groups excluding carboxylic acids is 1. The molecule has 0 saturated heterocycles. The van der Waals surface area contributed by atoms with Crippen LogP contribution in [0.3, 0.4) is 0 Å². The number of carbonyl (C=O) groups is 1. The number of rotatable bonds is 3. The van der Waals surface area contributed by atoms with Crippen LogP contribution in [0.4, 0.5) is 5.69 Å². The first-order valence-electron chi connectivity index (χ1n) is 5.79. The van der Waals surface area contributed by atoms with Gasteiger partial charge in [-0.25, -0.2) is 4.98 Å². The minimum Gasteiger partial charge on any atom is -0.320 e. The quantitative estimate of drug-likeness (QED) is 0.623. The molecule has 0 unspecified atom stereocenters. The molecule has 1 N–H and O–H groups in total. The van der Waals surface area contributed by atoms with E-state index in [4.69, 9.17) is 11.6 Å². The van der Waals surface area contributed by atoms with Crippen molar-refractivity contribution in [2.45, 2.75) is 11.8 Å². The van der Waals surface area contributed by atoms with Gasteiger partial charge < -0.3 is 5.32 Å². The van der Waals surface area contributed by atoms with E-state index in [-0.39, 0.29) is 5.91 Å². The zero-order valence-corrected chi connectivity index (χ0v) is 14.1. The number of aromatic nitrogens is 1. The molecule has 0 spiro atoms. The lowest BCUT2D eigenvalue weighted by Gasteiger charge is -2.10. The molecular weight excluding hydrogens is 360 g/mol. The fraction of sp³-hybridized carbons (Fsp3) is 0.143.